The Morgan fingerprint density at radius 2 is 2.00 bits per heavy atom. The largest absolute Gasteiger partial charge is 0.385 e. The molecule has 0 unspecified atom stereocenters. The summed E-state index contributed by atoms with van der Waals surface area (Å²) in [4.78, 5) is 0. The number of benzene rings is 1. The van der Waals surface area contributed by atoms with E-state index in [1.165, 1.54) is 12.1 Å². The Balaban J connectivity index is 2.44. The molecule has 5 heteroatoms. The highest BCUT2D eigenvalue weighted by atomic mass is 19.2. The molecule has 0 radical (unpaired) electrons. The maximum atomic E-state index is 13.5. The fraction of sp³-hybridized carbons (Fsp3) is 0.462. The van der Waals surface area contributed by atoms with Crippen molar-refractivity contribution in [2.24, 2.45) is 0 Å². The van der Waals surface area contributed by atoms with Gasteiger partial charge in [0.15, 0.2) is 11.6 Å². The second-order valence-corrected chi connectivity index (χ2v) is 3.88. The van der Waals surface area contributed by atoms with Crippen LogP contribution in [0.4, 0.5) is 14.5 Å². The van der Waals surface area contributed by atoms with Crippen molar-refractivity contribution in [1.82, 2.24) is 0 Å². The van der Waals surface area contributed by atoms with E-state index in [2.05, 4.69) is 5.32 Å². The Morgan fingerprint density at radius 3 is 2.67 bits per heavy atom. The molecule has 0 bridgehead atoms. The topological polar surface area (TPSA) is 45.0 Å². The summed E-state index contributed by atoms with van der Waals surface area (Å²) in [5, 5.41) is 11.4. The fourth-order valence-electron chi connectivity index (χ4n) is 1.54. The summed E-state index contributed by atoms with van der Waals surface area (Å²) in [6.45, 7) is 1.27. The highest BCUT2D eigenvalue weighted by molar-refractivity contribution is 5.49. The van der Waals surface area contributed by atoms with Gasteiger partial charge in [-0.2, -0.15) is 5.26 Å². The molecule has 3 nitrogen and oxygen atoms in total. The Hall–Kier alpha value is -1.67. The zero-order chi connectivity index (χ0) is 13.4. The molecule has 0 atom stereocenters. The molecule has 98 valence electrons. The number of nitrogens with one attached hydrogen (secondary N) is 1. The number of methoxy groups -OCH3 is 1. The third-order valence-corrected chi connectivity index (χ3v) is 2.54. The minimum absolute atomic E-state index is 0.0956. The van der Waals surface area contributed by atoms with Gasteiger partial charge in [0.25, 0.3) is 0 Å². The number of anilines is 1. The highest BCUT2D eigenvalue weighted by Gasteiger charge is 2.12. The Kier molecular flexibility index (Phi) is 6.09. The lowest BCUT2D eigenvalue weighted by molar-refractivity contribution is 0.192. The average molecular weight is 254 g/mol. The van der Waals surface area contributed by atoms with Crippen molar-refractivity contribution < 1.29 is 13.5 Å². The summed E-state index contributed by atoms with van der Waals surface area (Å²) >= 11 is 0. The van der Waals surface area contributed by atoms with Crippen molar-refractivity contribution in [3.63, 3.8) is 0 Å². The summed E-state index contributed by atoms with van der Waals surface area (Å²) < 4.78 is 31.7. The first-order valence-electron chi connectivity index (χ1n) is 5.81. The summed E-state index contributed by atoms with van der Waals surface area (Å²) in [5.74, 6) is -2.09. The lowest BCUT2D eigenvalue weighted by Crippen LogP contribution is -2.05. The molecule has 0 heterocycles. The first-order chi connectivity index (χ1) is 8.70. The van der Waals surface area contributed by atoms with Crippen molar-refractivity contribution in [3.05, 3.63) is 29.3 Å². The van der Waals surface area contributed by atoms with Crippen molar-refractivity contribution in [1.29, 1.82) is 5.26 Å². The molecule has 0 aliphatic rings. The predicted molar refractivity (Wildman–Crippen MR) is 65.3 cm³/mol. The van der Waals surface area contributed by atoms with Gasteiger partial charge in [-0.05, 0) is 31.4 Å². The summed E-state index contributed by atoms with van der Waals surface area (Å²) in [6, 6.07) is 4.25. The molecule has 1 aromatic rings. The van der Waals surface area contributed by atoms with Crippen LogP contribution < -0.4 is 5.32 Å². The van der Waals surface area contributed by atoms with E-state index in [0.717, 1.165) is 19.3 Å². The van der Waals surface area contributed by atoms with Crippen LogP contribution in [0.25, 0.3) is 0 Å². The van der Waals surface area contributed by atoms with Crippen LogP contribution in [0.3, 0.4) is 0 Å². The van der Waals surface area contributed by atoms with Crippen molar-refractivity contribution in [3.8, 4) is 6.07 Å². The summed E-state index contributed by atoms with van der Waals surface area (Å²) in [6.07, 6.45) is 2.76. The van der Waals surface area contributed by atoms with Gasteiger partial charge >= 0.3 is 0 Å². The summed E-state index contributed by atoms with van der Waals surface area (Å²) in [7, 11) is 1.65. The van der Waals surface area contributed by atoms with E-state index in [-0.39, 0.29) is 11.3 Å². The van der Waals surface area contributed by atoms with E-state index in [4.69, 9.17) is 10.00 Å². The molecule has 0 amide bonds. The van der Waals surface area contributed by atoms with Crippen LogP contribution in [0, 0.1) is 23.0 Å². The van der Waals surface area contributed by atoms with Crippen LogP contribution in [0.15, 0.2) is 12.1 Å². The number of nitriles is 1. The van der Waals surface area contributed by atoms with Crippen LogP contribution in [0.5, 0.6) is 0 Å². The van der Waals surface area contributed by atoms with Gasteiger partial charge in [0.2, 0.25) is 0 Å². The average Bonchev–Trinajstić information content (AvgIpc) is 2.38. The molecular weight excluding hydrogens is 238 g/mol. The monoisotopic (exact) mass is 254 g/mol. The zero-order valence-corrected chi connectivity index (χ0v) is 10.3. The Bertz CT molecular complexity index is 430. The van der Waals surface area contributed by atoms with Crippen LogP contribution in [0.1, 0.15) is 24.8 Å². The second-order valence-electron chi connectivity index (χ2n) is 3.88. The lowest BCUT2D eigenvalue weighted by Gasteiger charge is -2.08. The highest BCUT2D eigenvalue weighted by Crippen LogP contribution is 2.20. The van der Waals surface area contributed by atoms with Crippen LogP contribution >= 0.6 is 0 Å². The maximum absolute atomic E-state index is 13.5. The smallest absolute Gasteiger partial charge is 0.183 e. The minimum atomic E-state index is -1.10. The molecule has 0 saturated heterocycles. The number of hydrogen-bond donors (Lipinski definition) is 1. The van der Waals surface area contributed by atoms with E-state index < -0.39 is 11.6 Å². The predicted octanol–water partition coefficient (Wildman–Crippen LogP) is 3.07. The molecule has 0 aliphatic carbocycles. The quantitative estimate of drug-likeness (QED) is 0.760. The number of unbranched alkanes of at least 4 members (excludes halogenated alkanes) is 2. The van der Waals surface area contributed by atoms with Crippen LogP contribution in [-0.4, -0.2) is 20.3 Å². The number of rotatable bonds is 7. The van der Waals surface area contributed by atoms with Crippen molar-refractivity contribution >= 4 is 5.69 Å². The lowest BCUT2D eigenvalue weighted by atomic mass is 10.2. The van der Waals surface area contributed by atoms with Gasteiger partial charge in [-0.25, -0.2) is 8.78 Å². The second kappa shape index (κ2) is 7.62. The minimum Gasteiger partial charge on any atom is -0.385 e. The third-order valence-electron chi connectivity index (χ3n) is 2.54. The standard InChI is InChI=1S/C13H16F2N2O/c1-18-8-4-2-3-7-17-11-6-5-10(9-16)12(14)13(11)15/h5-6,17H,2-4,7-8H2,1H3. The van der Waals surface area contributed by atoms with Gasteiger partial charge in [0, 0.05) is 20.3 Å². The molecule has 0 aliphatic heterocycles. The Morgan fingerprint density at radius 1 is 1.22 bits per heavy atom. The first kappa shape index (κ1) is 14.4. The van der Waals surface area contributed by atoms with Gasteiger partial charge in [-0.1, -0.05) is 0 Å². The third kappa shape index (κ3) is 3.97. The van der Waals surface area contributed by atoms with E-state index >= 15 is 0 Å². The van der Waals surface area contributed by atoms with E-state index in [1.54, 1.807) is 13.2 Å². The molecule has 18 heavy (non-hydrogen) atoms. The first-order valence-corrected chi connectivity index (χ1v) is 5.81. The van der Waals surface area contributed by atoms with Gasteiger partial charge in [-0.3, -0.25) is 0 Å². The molecule has 0 fully saturated rings. The molecule has 0 aromatic heterocycles. The van der Waals surface area contributed by atoms with E-state index in [9.17, 15) is 8.78 Å². The number of nitrogens with zero attached hydrogens (tertiary/aromatic N) is 1. The Labute approximate surface area is 105 Å². The SMILES string of the molecule is COCCCCCNc1ccc(C#N)c(F)c1F. The maximum Gasteiger partial charge on any atom is 0.183 e. The molecule has 0 saturated carbocycles. The molecular formula is C13H16F2N2O. The van der Waals surface area contributed by atoms with Gasteiger partial charge < -0.3 is 10.1 Å². The molecule has 0 spiro atoms. The normalized spacial score (nSPS) is 10.1. The van der Waals surface area contributed by atoms with E-state index in [0.29, 0.717) is 13.2 Å². The van der Waals surface area contributed by atoms with Gasteiger partial charge in [0.05, 0.1) is 11.3 Å². The van der Waals surface area contributed by atoms with E-state index in [1.807, 2.05) is 0 Å². The number of hydrogen-bond acceptors (Lipinski definition) is 3. The van der Waals surface area contributed by atoms with Crippen LogP contribution in [-0.2, 0) is 4.74 Å². The summed E-state index contributed by atoms with van der Waals surface area (Å²) in [5.41, 5.74) is -0.184. The zero-order valence-electron chi connectivity index (χ0n) is 10.3. The number of halogens is 2. The van der Waals surface area contributed by atoms with Crippen LogP contribution in [0.2, 0.25) is 0 Å². The fourth-order valence-corrected chi connectivity index (χ4v) is 1.54. The number of ether oxygens (including phenoxy) is 1. The molecule has 1 aromatic carbocycles. The molecule has 1 rings (SSSR count). The molecule has 1 N–H and O–H groups in total. The van der Waals surface area contributed by atoms with Gasteiger partial charge in [0.1, 0.15) is 6.07 Å². The van der Waals surface area contributed by atoms with Crippen molar-refractivity contribution in [2.75, 3.05) is 25.6 Å². The van der Waals surface area contributed by atoms with Gasteiger partial charge in [-0.15, -0.1) is 0 Å². The van der Waals surface area contributed by atoms with Crippen molar-refractivity contribution in [2.45, 2.75) is 19.3 Å².